The number of aromatic amines is 1. The third kappa shape index (κ3) is 5.96. The molecule has 2 N–H and O–H groups in total. The minimum absolute atomic E-state index is 0.663. The maximum Gasteiger partial charge on any atom is 0.119 e. The molecule has 2 aromatic rings. The molecule has 6 heteroatoms. The van der Waals surface area contributed by atoms with Crippen molar-refractivity contribution in [2.75, 3.05) is 20.2 Å². The molecule has 1 aliphatic carbocycles. The van der Waals surface area contributed by atoms with Gasteiger partial charge < -0.3 is 15.0 Å². The normalized spacial score (nSPS) is 25.3. The van der Waals surface area contributed by atoms with E-state index in [-0.39, 0.29) is 0 Å². The summed E-state index contributed by atoms with van der Waals surface area (Å²) in [5, 5.41) is 10.5. The van der Waals surface area contributed by atoms with E-state index in [9.17, 15) is 0 Å². The third-order valence-electron chi connectivity index (χ3n) is 6.04. The van der Waals surface area contributed by atoms with Gasteiger partial charge in [-0.3, -0.25) is 5.10 Å². The number of thiol groups is 1. The molecule has 0 radical (unpaired) electrons. The summed E-state index contributed by atoms with van der Waals surface area (Å²) in [5.74, 6) is 1.60. The summed E-state index contributed by atoms with van der Waals surface area (Å²) in [6, 6.07) is 8.23. The maximum atomic E-state index is 4.95. The van der Waals surface area contributed by atoms with E-state index in [0.717, 1.165) is 48.1 Å². The van der Waals surface area contributed by atoms with Crippen LogP contribution < -0.4 is 10.1 Å². The van der Waals surface area contributed by atoms with Gasteiger partial charge in [0.2, 0.25) is 0 Å². The molecule has 5 nitrogen and oxygen atoms in total. The molecule has 0 saturated carbocycles. The Hall–Kier alpha value is -2.70. The van der Waals surface area contributed by atoms with E-state index < -0.39 is 0 Å². The summed E-state index contributed by atoms with van der Waals surface area (Å²) < 4.78 is 4.95. The first-order chi connectivity index (χ1) is 15.6. The van der Waals surface area contributed by atoms with Crippen LogP contribution in [0.2, 0.25) is 0 Å². The zero-order chi connectivity index (χ0) is 22.3. The van der Waals surface area contributed by atoms with Gasteiger partial charge in [0.15, 0.2) is 0 Å². The maximum absolute atomic E-state index is 4.95. The molecule has 32 heavy (non-hydrogen) atoms. The van der Waals surface area contributed by atoms with Gasteiger partial charge in [0.25, 0.3) is 0 Å². The second-order valence-corrected chi connectivity index (χ2v) is 9.07. The summed E-state index contributed by atoms with van der Waals surface area (Å²) in [4.78, 5) is 3.38. The van der Waals surface area contributed by atoms with Gasteiger partial charge in [-0.25, -0.2) is 0 Å². The van der Waals surface area contributed by atoms with Gasteiger partial charge in [-0.05, 0) is 67.6 Å². The van der Waals surface area contributed by atoms with Crippen LogP contribution in [0.15, 0.2) is 83.3 Å². The van der Waals surface area contributed by atoms with E-state index in [1.54, 1.807) is 7.11 Å². The van der Waals surface area contributed by atoms with Crippen LogP contribution in [0.1, 0.15) is 31.7 Å². The number of ether oxygens (including phenoxy) is 1. The number of rotatable bonds is 4. The summed E-state index contributed by atoms with van der Waals surface area (Å²) >= 11 is 4.13. The summed E-state index contributed by atoms with van der Waals surface area (Å²) in [7, 11) is 1.64. The Morgan fingerprint density at radius 3 is 2.88 bits per heavy atom. The topological polar surface area (TPSA) is 53.2 Å². The molecular formula is C26H32N4OS. The highest BCUT2D eigenvalue weighted by molar-refractivity contribution is 7.80. The average Bonchev–Trinajstić information content (AvgIpc) is 3.45. The lowest BCUT2D eigenvalue weighted by atomic mass is 9.95. The SMILES string of the molecule is CC1CC(CN2C=C/C3=C/C(c4cn[nH]c4)=CC/C=C/2C3)CN1.COc1cccc(S)c1. The molecule has 3 aliphatic rings. The number of aromatic nitrogens is 2. The number of benzene rings is 1. The molecule has 1 aromatic heterocycles. The number of fused-ring (bicyclic) bond motifs is 2. The first-order valence-corrected chi connectivity index (χ1v) is 11.7. The summed E-state index contributed by atoms with van der Waals surface area (Å²) in [5.41, 5.74) is 5.24. The Kier molecular flexibility index (Phi) is 7.55. The van der Waals surface area contributed by atoms with E-state index >= 15 is 0 Å². The molecule has 1 saturated heterocycles. The number of hydrogen-bond donors (Lipinski definition) is 3. The van der Waals surface area contributed by atoms with E-state index in [0.29, 0.717) is 6.04 Å². The number of nitrogens with one attached hydrogen (secondary N) is 2. The Labute approximate surface area is 196 Å². The standard InChI is InChI=1S/C19H24N4.C7H8OS/c1-14-7-16(10-20-14)13-23-6-5-15-8-17(18-11-21-22-12-18)3-2-4-19(23)9-15;1-8-6-3-2-4-7(9)5-6/h3-6,8,11-12,14,16,20H,2,7,9-10,13H2,1H3,(H,21,22);2-5,9H,1H3/b15-8-,17-3?,19-4+;. The molecule has 168 valence electrons. The fourth-order valence-corrected chi connectivity index (χ4v) is 4.58. The van der Waals surface area contributed by atoms with Crippen molar-refractivity contribution in [3.05, 3.63) is 84.0 Å². The van der Waals surface area contributed by atoms with Gasteiger partial charge in [0, 0.05) is 47.6 Å². The molecule has 1 aromatic carbocycles. The Morgan fingerprint density at radius 2 is 2.19 bits per heavy atom. The molecular weight excluding hydrogens is 416 g/mol. The van der Waals surface area contributed by atoms with Gasteiger partial charge in [-0.2, -0.15) is 5.10 Å². The van der Waals surface area contributed by atoms with Crippen LogP contribution >= 0.6 is 12.6 Å². The van der Waals surface area contributed by atoms with Crippen molar-refractivity contribution in [3.8, 4) is 5.75 Å². The van der Waals surface area contributed by atoms with Crippen molar-refractivity contribution in [2.45, 2.75) is 37.1 Å². The largest absolute Gasteiger partial charge is 0.497 e. The number of hydrogen-bond acceptors (Lipinski definition) is 5. The van der Waals surface area contributed by atoms with Gasteiger partial charge >= 0.3 is 0 Å². The lowest BCUT2D eigenvalue weighted by molar-refractivity contribution is 0.363. The molecule has 2 bridgehead atoms. The van der Waals surface area contributed by atoms with Crippen LogP contribution in [-0.2, 0) is 0 Å². The van der Waals surface area contributed by atoms with E-state index in [4.69, 9.17) is 4.74 Å². The van der Waals surface area contributed by atoms with Crippen LogP contribution in [0.3, 0.4) is 0 Å². The van der Waals surface area contributed by atoms with Crippen LogP contribution in [0.25, 0.3) is 5.57 Å². The lowest BCUT2D eigenvalue weighted by Crippen LogP contribution is -2.28. The Balaban J connectivity index is 0.000000230. The number of methoxy groups -OCH3 is 1. The number of allylic oxidation sites excluding steroid dienone is 6. The number of nitrogens with zero attached hydrogens (tertiary/aromatic N) is 2. The van der Waals surface area contributed by atoms with E-state index in [1.807, 2.05) is 36.7 Å². The van der Waals surface area contributed by atoms with Crippen LogP contribution in [0.4, 0.5) is 0 Å². The smallest absolute Gasteiger partial charge is 0.119 e. The van der Waals surface area contributed by atoms with Crippen molar-refractivity contribution < 1.29 is 4.74 Å². The van der Waals surface area contributed by atoms with E-state index in [2.05, 4.69) is 70.5 Å². The average molecular weight is 449 g/mol. The zero-order valence-corrected chi connectivity index (χ0v) is 19.7. The second kappa shape index (κ2) is 10.7. The molecule has 3 heterocycles. The van der Waals surface area contributed by atoms with Gasteiger partial charge in [0.1, 0.15) is 5.75 Å². The quantitative estimate of drug-likeness (QED) is 0.562. The Bertz CT molecular complexity index is 1020. The first-order valence-electron chi connectivity index (χ1n) is 11.2. The molecule has 2 aliphatic heterocycles. The fourth-order valence-electron chi connectivity index (χ4n) is 4.37. The second-order valence-electron chi connectivity index (χ2n) is 8.55. The highest BCUT2D eigenvalue weighted by atomic mass is 32.1. The van der Waals surface area contributed by atoms with Gasteiger partial charge in [0.05, 0.1) is 13.3 Å². The predicted molar refractivity (Wildman–Crippen MR) is 134 cm³/mol. The minimum Gasteiger partial charge on any atom is -0.497 e. The molecule has 1 fully saturated rings. The van der Waals surface area contributed by atoms with Gasteiger partial charge in [-0.15, -0.1) is 12.6 Å². The molecule has 0 spiro atoms. The Morgan fingerprint density at radius 1 is 1.28 bits per heavy atom. The van der Waals surface area contributed by atoms with Crippen LogP contribution in [-0.4, -0.2) is 41.3 Å². The summed E-state index contributed by atoms with van der Waals surface area (Å²) in [6.07, 6.45) is 18.6. The van der Waals surface area contributed by atoms with Crippen molar-refractivity contribution >= 4 is 18.2 Å². The molecule has 5 rings (SSSR count). The fraction of sp³-hybridized carbons (Fsp3) is 0.346. The summed E-state index contributed by atoms with van der Waals surface area (Å²) in [6.45, 7) is 4.56. The highest BCUT2D eigenvalue weighted by Crippen LogP contribution is 2.30. The lowest BCUT2D eigenvalue weighted by Gasteiger charge is -2.31. The van der Waals surface area contributed by atoms with E-state index in [1.165, 1.54) is 23.3 Å². The van der Waals surface area contributed by atoms with Crippen molar-refractivity contribution in [2.24, 2.45) is 5.92 Å². The predicted octanol–water partition coefficient (Wildman–Crippen LogP) is 5.21. The molecule has 2 atom stereocenters. The van der Waals surface area contributed by atoms with Crippen molar-refractivity contribution in [1.82, 2.24) is 20.4 Å². The van der Waals surface area contributed by atoms with Crippen molar-refractivity contribution in [3.63, 3.8) is 0 Å². The van der Waals surface area contributed by atoms with Gasteiger partial charge in [-0.1, -0.05) is 24.3 Å². The molecule has 2 unspecified atom stereocenters. The highest BCUT2D eigenvalue weighted by Gasteiger charge is 2.24. The minimum atomic E-state index is 0.663. The van der Waals surface area contributed by atoms with Crippen molar-refractivity contribution in [1.29, 1.82) is 0 Å². The van der Waals surface area contributed by atoms with Crippen LogP contribution in [0, 0.1) is 5.92 Å². The number of H-pyrrole nitrogens is 1. The zero-order valence-electron chi connectivity index (χ0n) is 18.8. The third-order valence-corrected chi connectivity index (χ3v) is 6.31. The van der Waals surface area contributed by atoms with Crippen LogP contribution in [0.5, 0.6) is 5.75 Å². The first kappa shape index (κ1) is 22.5. The monoisotopic (exact) mass is 448 g/mol. The molecule has 0 amide bonds.